The lowest BCUT2D eigenvalue weighted by molar-refractivity contribution is -0.164. The first kappa shape index (κ1) is 33.5. The summed E-state index contributed by atoms with van der Waals surface area (Å²) in [5.41, 5.74) is 1.26. The van der Waals surface area contributed by atoms with Gasteiger partial charge in [-0.15, -0.1) is 0 Å². The Balaban J connectivity index is 1.57. The first-order valence-electron chi connectivity index (χ1n) is 16.8. The van der Waals surface area contributed by atoms with Gasteiger partial charge in [0.25, 0.3) is 0 Å². The maximum atomic E-state index is 13.0. The molecule has 8 heteroatoms. The van der Waals surface area contributed by atoms with Crippen LogP contribution in [0.15, 0.2) is 11.6 Å². The third-order valence-electron chi connectivity index (χ3n) is 11.9. The smallest absolute Gasteiger partial charge is 0.306 e. The summed E-state index contributed by atoms with van der Waals surface area (Å²) >= 11 is 0. The average molecular weight is 603 g/mol. The molecule has 43 heavy (non-hydrogen) atoms. The molecule has 0 radical (unpaired) electrons. The van der Waals surface area contributed by atoms with Crippen molar-refractivity contribution in [3.63, 3.8) is 0 Å². The SMILES string of the molecule is CC(C)CCC[C@@H](C)[C@H]1CCC2C3C(OC(=O)CCC(=O)O)C=C4C[C@@H](OC(=O)CCC(=O)O)CC[C@]4(C)C3CC[C@@]21C. The van der Waals surface area contributed by atoms with Crippen molar-refractivity contribution < 1.29 is 38.9 Å². The quantitative estimate of drug-likeness (QED) is 0.167. The Hall–Kier alpha value is -2.38. The van der Waals surface area contributed by atoms with Crippen LogP contribution in [-0.2, 0) is 28.7 Å². The fourth-order valence-electron chi connectivity index (χ4n) is 9.70. The number of carboxylic acids is 2. The number of ether oxygens (including phenoxy) is 2. The van der Waals surface area contributed by atoms with Crippen LogP contribution < -0.4 is 0 Å². The van der Waals surface area contributed by atoms with Crippen LogP contribution in [-0.4, -0.2) is 46.3 Å². The highest BCUT2D eigenvalue weighted by atomic mass is 16.5. The predicted octanol–water partition coefficient (Wildman–Crippen LogP) is 7.19. The second-order valence-corrected chi connectivity index (χ2v) is 15.0. The van der Waals surface area contributed by atoms with Gasteiger partial charge < -0.3 is 19.7 Å². The summed E-state index contributed by atoms with van der Waals surface area (Å²) in [6.45, 7) is 11.8. The van der Waals surface area contributed by atoms with Gasteiger partial charge in [-0.05, 0) is 85.0 Å². The molecule has 0 aromatic rings. The van der Waals surface area contributed by atoms with Crippen molar-refractivity contribution in [3.05, 3.63) is 11.6 Å². The number of carbonyl (C=O) groups excluding carboxylic acids is 2. The van der Waals surface area contributed by atoms with Gasteiger partial charge in [-0.25, -0.2) is 0 Å². The Labute approximate surface area is 257 Å². The van der Waals surface area contributed by atoms with Crippen LogP contribution in [0.1, 0.15) is 125 Å². The lowest BCUT2D eigenvalue weighted by atomic mass is 9.46. The van der Waals surface area contributed by atoms with Gasteiger partial charge in [-0.3, -0.25) is 19.2 Å². The molecule has 2 N–H and O–H groups in total. The van der Waals surface area contributed by atoms with Gasteiger partial charge in [-0.2, -0.15) is 0 Å². The standard InChI is InChI=1S/C35H54O8/c1-21(2)7-6-8-22(3)25-9-10-26-33-27(16-18-35(25,26)5)34(4)17-15-24(42-31(40)13-11-29(36)37)19-23(34)20-28(33)43-32(41)14-12-30(38)39/h20-22,24-28,33H,6-19H2,1-5H3,(H,36,37)(H,38,39)/t22-,24+,25-,26?,27?,28?,33?,34+,35-/m1/s1. The van der Waals surface area contributed by atoms with E-state index in [0.29, 0.717) is 30.1 Å². The Morgan fingerprint density at radius 3 is 2.12 bits per heavy atom. The van der Waals surface area contributed by atoms with Crippen LogP contribution >= 0.6 is 0 Å². The molecule has 0 heterocycles. The molecular formula is C35H54O8. The van der Waals surface area contributed by atoms with E-state index in [1.54, 1.807) is 0 Å². The van der Waals surface area contributed by atoms with Crippen molar-refractivity contribution in [1.82, 2.24) is 0 Å². The first-order chi connectivity index (χ1) is 20.2. The Morgan fingerprint density at radius 2 is 1.49 bits per heavy atom. The largest absolute Gasteiger partial charge is 0.481 e. The second kappa shape index (κ2) is 13.7. The van der Waals surface area contributed by atoms with Crippen LogP contribution in [0.2, 0.25) is 0 Å². The summed E-state index contributed by atoms with van der Waals surface area (Å²) in [7, 11) is 0. The maximum Gasteiger partial charge on any atom is 0.306 e. The number of hydrogen-bond donors (Lipinski definition) is 2. The Morgan fingerprint density at radius 1 is 0.837 bits per heavy atom. The number of carboxylic acid groups (broad SMARTS) is 2. The summed E-state index contributed by atoms with van der Waals surface area (Å²) in [4.78, 5) is 47.4. The first-order valence-corrected chi connectivity index (χ1v) is 16.8. The summed E-state index contributed by atoms with van der Waals surface area (Å²) in [5, 5.41) is 18.1. The number of rotatable bonds is 13. The molecule has 0 amide bonds. The summed E-state index contributed by atoms with van der Waals surface area (Å²) in [5.74, 6) is -0.0277. The van der Waals surface area contributed by atoms with E-state index in [4.69, 9.17) is 19.7 Å². The minimum Gasteiger partial charge on any atom is -0.481 e. The van der Waals surface area contributed by atoms with Crippen LogP contribution in [0.3, 0.4) is 0 Å². The molecule has 0 aromatic carbocycles. The topological polar surface area (TPSA) is 127 Å². The molecule has 8 nitrogen and oxygen atoms in total. The number of esters is 2. The minimum absolute atomic E-state index is 0.0824. The third-order valence-corrected chi connectivity index (χ3v) is 11.9. The molecule has 4 rings (SSSR count). The van der Waals surface area contributed by atoms with Crippen LogP contribution in [0, 0.1) is 46.3 Å². The molecule has 0 saturated heterocycles. The van der Waals surface area contributed by atoms with Crippen LogP contribution in [0.5, 0.6) is 0 Å². The zero-order valence-corrected chi connectivity index (χ0v) is 26.9. The Bertz CT molecular complexity index is 1080. The molecule has 0 bridgehead atoms. The number of carbonyl (C=O) groups is 4. The van der Waals surface area contributed by atoms with Crippen LogP contribution in [0.25, 0.3) is 0 Å². The highest BCUT2D eigenvalue weighted by Crippen LogP contribution is 2.67. The van der Waals surface area contributed by atoms with E-state index in [2.05, 4.69) is 40.7 Å². The second-order valence-electron chi connectivity index (χ2n) is 15.0. The molecule has 9 atom stereocenters. The monoisotopic (exact) mass is 602 g/mol. The van der Waals surface area contributed by atoms with Crippen LogP contribution in [0.4, 0.5) is 0 Å². The lowest BCUT2D eigenvalue weighted by Gasteiger charge is -2.59. The van der Waals surface area contributed by atoms with Crippen molar-refractivity contribution in [3.8, 4) is 0 Å². The number of fused-ring (bicyclic) bond motifs is 5. The molecule has 4 aliphatic rings. The van der Waals surface area contributed by atoms with Crippen molar-refractivity contribution in [2.24, 2.45) is 46.3 Å². The normalized spacial score (nSPS) is 35.6. The molecule has 0 aromatic heterocycles. The minimum atomic E-state index is -1.02. The van der Waals surface area contributed by atoms with E-state index in [0.717, 1.165) is 43.6 Å². The third kappa shape index (κ3) is 7.47. The van der Waals surface area contributed by atoms with E-state index in [9.17, 15) is 19.2 Å². The molecule has 0 aliphatic heterocycles. The predicted molar refractivity (Wildman–Crippen MR) is 162 cm³/mol. The summed E-state index contributed by atoms with van der Waals surface area (Å²) in [6, 6.07) is 0. The van der Waals surface area contributed by atoms with E-state index in [-0.39, 0.29) is 48.5 Å². The van der Waals surface area contributed by atoms with E-state index >= 15 is 0 Å². The molecule has 3 saturated carbocycles. The fourth-order valence-corrected chi connectivity index (χ4v) is 9.70. The molecule has 3 fully saturated rings. The van der Waals surface area contributed by atoms with Gasteiger partial charge in [-0.1, -0.05) is 59.5 Å². The van der Waals surface area contributed by atoms with Gasteiger partial charge >= 0.3 is 23.9 Å². The van der Waals surface area contributed by atoms with Crippen molar-refractivity contribution >= 4 is 23.9 Å². The Kier molecular flexibility index (Phi) is 10.7. The average Bonchev–Trinajstić information content (AvgIpc) is 3.28. The van der Waals surface area contributed by atoms with Gasteiger partial charge in [0.15, 0.2) is 0 Å². The molecule has 242 valence electrons. The fraction of sp³-hybridized carbons (Fsp3) is 0.829. The van der Waals surface area contributed by atoms with E-state index in [1.165, 1.54) is 25.7 Å². The van der Waals surface area contributed by atoms with Crippen molar-refractivity contribution in [2.75, 3.05) is 0 Å². The maximum absolute atomic E-state index is 13.0. The number of aliphatic carboxylic acids is 2. The highest BCUT2D eigenvalue weighted by molar-refractivity contribution is 5.77. The van der Waals surface area contributed by atoms with Crippen molar-refractivity contribution in [2.45, 2.75) is 137 Å². The highest BCUT2D eigenvalue weighted by Gasteiger charge is 2.62. The number of hydrogen-bond acceptors (Lipinski definition) is 6. The molecule has 0 spiro atoms. The summed E-state index contributed by atoms with van der Waals surface area (Å²) < 4.78 is 11.9. The summed E-state index contributed by atoms with van der Waals surface area (Å²) in [6.07, 6.45) is 11.1. The molecular weight excluding hydrogens is 548 g/mol. The van der Waals surface area contributed by atoms with Gasteiger partial charge in [0.05, 0.1) is 25.7 Å². The van der Waals surface area contributed by atoms with E-state index in [1.807, 2.05) is 0 Å². The zero-order chi connectivity index (χ0) is 31.5. The van der Waals surface area contributed by atoms with Gasteiger partial charge in [0.2, 0.25) is 0 Å². The molecule has 4 unspecified atom stereocenters. The van der Waals surface area contributed by atoms with E-state index < -0.39 is 30.0 Å². The van der Waals surface area contributed by atoms with Gasteiger partial charge in [0, 0.05) is 12.3 Å². The van der Waals surface area contributed by atoms with Gasteiger partial charge in [0.1, 0.15) is 12.2 Å². The lowest BCUT2D eigenvalue weighted by Crippen LogP contribution is -2.55. The zero-order valence-electron chi connectivity index (χ0n) is 26.9. The van der Waals surface area contributed by atoms with Crippen molar-refractivity contribution in [1.29, 1.82) is 0 Å². The molecule has 4 aliphatic carbocycles.